The van der Waals surface area contributed by atoms with E-state index >= 15 is 0 Å². The number of pyridine rings is 1. The van der Waals surface area contributed by atoms with E-state index in [9.17, 15) is 8.42 Å². The highest BCUT2D eigenvalue weighted by Gasteiger charge is 2.09. The van der Waals surface area contributed by atoms with Gasteiger partial charge in [-0.1, -0.05) is 6.08 Å². The number of aryl methyl sites for hydroxylation is 1. The summed E-state index contributed by atoms with van der Waals surface area (Å²) in [5, 5.41) is 0. The second-order valence-electron chi connectivity index (χ2n) is 2.94. The lowest BCUT2D eigenvalue weighted by atomic mass is 10.3. The van der Waals surface area contributed by atoms with Crippen LogP contribution in [0.3, 0.4) is 0 Å². The molecule has 0 unspecified atom stereocenters. The van der Waals surface area contributed by atoms with Crippen LogP contribution in [-0.4, -0.2) is 19.2 Å². The van der Waals surface area contributed by atoms with Gasteiger partial charge in [0.1, 0.15) is 4.60 Å². The van der Waals surface area contributed by atoms with E-state index in [4.69, 9.17) is 0 Å². The average molecular weight is 291 g/mol. The number of nitrogens with zero attached hydrogens (tertiary/aromatic N) is 1. The largest absolute Gasteiger partial charge is 0.281 e. The SMILES string of the molecule is C=CCS(=O)(=O)Nc1ccc(Br)nc1C. The molecule has 1 rings (SSSR count). The molecule has 15 heavy (non-hydrogen) atoms. The summed E-state index contributed by atoms with van der Waals surface area (Å²) in [5.74, 6) is -0.109. The van der Waals surface area contributed by atoms with Crippen molar-refractivity contribution in [2.24, 2.45) is 0 Å². The quantitative estimate of drug-likeness (QED) is 0.682. The van der Waals surface area contributed by atoms with Crippen molar-refractivity contribution < 1.29 is 8.42 Å². The smallest absolute Gasteiger partial charge is 0.236 e. The van der Waals surface area contributed by atoms with Crippen molar-refractivity contribution in [1.29, 1.82) is 0 Å². The molecule has 0 spiro atoms. The molecular weight excluding hydrogens is 280 g/mol. The first-order valence-corrected chi connectivity index (χ1v) is 6.63. The number of halogens is 1. The van der Waals surface area contributed by atoms with Gasteiger partial charge in [0.2, 0.25) is 10.0 Å². The van der Waals surface area contributed by atoms with E-state index in [0.717, 1.165) is 0 Å². The molecule has 4 nitrogen and oxygen atoms in total. The Balaban J connectivity index is 2.95. The van der Waals surface area contributed by atoms with E-state index < -0.39 is 10.0 Å². The van der Waals surface area contributed by atoms with Gasteiger partial charge in [0, 0.05) is 0 Å². The Morgan fingerprint density at radius 1 is 1.60 bits per heavy atom. The Bertz CT molecular complexity index is 471. The maximum absolute atomic E-state index is 11.4. The van der Waals surface area contributed by atoms with Gasteiger partial charge >= 0.3 is 0 Å². The third kappa shape index (κ3) is 3.64. The minimum absolute atomic E-state index is 0.109. The Labute approximate surface area is 97.6 Å². The average Bonchev–Trinajstić information content (AvgIpc) is 2.09. The molecule has 1 N–H and O–H groups in total. The van der Waals surface area contributed by atoms with E-state index in [2.05, 4.69) is 32.2 Å². The molecule has 0 fully saturated rings. The summed E-state index contributed by atoms with van der Waals surface area (Å²) in [5.41, 5.74) is 1.11. The molecule has 0 atom stereocenters. The van der Waals surface area contributed by atoms with Gasteiger partial charge in [-0.25, -0.2) is 13.4 Å². The number of hydrogen-bond acceptors (Lipinski definition) is 3. The van der Waals surface area contributed by atoms with E-state index in [-0.39, 0.29) is 5.75 Å². The zero-order chi connectivity index (χ0) is 11.5. The number of sulfonamides is 1. The van der Waals surface area contributed by atoms with Crippen LogP contribution in [0, 0.1) is 6.92 Å². The van der Waals surface area contributed by atoms with E-state index in [1.54, 1.807) is 19.1 Å². The van der Waals surface area contributed by atoms with Crippen LogP contribution in [0.4, 0.5) is 5.69 Å². The van der Waals surface area contributed by atoms with Crippen molar-refractivity contribution in [2.75, 3.05) is 10.5 Å². The number of aromatic nitrogens is 1. The maximum atomic E-state index is 11.4. The highest BCUT2D eigenvalue weighted by atomic mass is 79.9. The molecule has 0 aliphatic heterocycles. The second kappa shape index (κ2) is 4.76. The van der Waals surface area contributed by atoms with Crippen LogP contribution < -0.4 is 4.72 Å². The number of nitrogens with one attached hydrogen (secondary N) is 1. The predicted molar refractivity (Wildman–Crippen MR) is 64.3 cm³/mol. The molecule has 0 aliphatic carbocycles. The number of hydrogen-bond donors (Lipinski definition) is 1. The van der Waals surface area contributed by atoms with Gasteiger partial charge < -0.3 is 0 Å². The Hall–Kier alpha value is -0.880. The van der Waals surface area contributed by atoms with Crippen molar-refractivity contribution in [2.45, 2.75) is 6.92 Å². The van der Waals surface area contributed by atoms with E-state index in [1.807, 2.05) is 0 Å². The molecule has 1 aromatic rings. The lowest BCUT2D eigenvalue weighted by Crippen LogP contribution is -2.16. The van der Waals surface area contributed by atoms with Crippen LogP contribution >= 0.6 is 15.9 Å². The fourth-order valence-corrected chi connectivity index (χ4v) is 2.35. The van der Waals surface area contributed by atoms with Crippen molar-refractivity contribution >= 4 is 31.6 Å². The lowest BCUT2D eigenvalue weighted by molar-refractivity contribution is 0.604. The summed E-state index contributed by atoms with van der Waals surface area (Å²) in [6.45, 7) is 5.11. The normalized spacial score (nSPS) is 11.1. The first-order valence-electron chi connectivity index (χ1n) is 4.19. The fraction of sp³-hybridized carbons (Fsp3) is 0.222. The Morgan fingerprint density at radius 3 is 2.80 bits per heavy atom. The molecule has 0 amide bonds. The van der Waals surface area contributed by atoms with Crippen molar-refractivity contribution in [3.8, 4) is 0 Å². The maximum Gasteiger partial charge on any atom is 0.236 e. The van der Waals surface area contributed by atoms with Crippen LogP contribution in [0.25, 0.3) is 0 Å². The highest BCUT2D eigenvalue weighted by Crippen LogP contribution is 2.17. The zero-order valence-electron chi connectivity index (χ0n) is 8.20. The standard InChI is InChI=1S/C9H11BrN2O2S/c1-3-6-15(13,14)12-8-4-5-9(10)11-7(8)2/h3-5,12H,1,6H2,2H3. The van der Waals surface area contributed by atoms with Crippen LogP contribution in [0.2, 0.25) is 0 Å². The summed E-state index contributed by atoms with van der Waals surface area (Å²) in [6, 6.07) is 3.34. The first-order chi connectivity index (χ1) is 6.94. The van der Waals surface area contributed by atoms with Gasteiger partial charge in [-0.3, -0.25) is 4.72 Å². The van der Waals surface area contributed by atoms with Crippen LogP contribution in [0.15, 0.2) is 29.4 Å². The minimum atomic E-state index is -3.34. The lowest BCUT2D eigenvalue weighted by Gasteiger charge is -2.08. The molecule has 0 radical (unpaired) electrons. The topological polar surface area (TPSA) is 59.1 Å². The molecule has 0 bridgehead atoms. The fourth-order valence-electron chi connectivity index (χ4n) is 1.00. The monoisotopic (exact) mass is 290 g/mol. The first kappa shape index (κ1) is 12.2. The van der Waals surface area contributed by atoms with Crippen molar-refractivity contribution in [3.63, 3.8) is 0 Å². The summed E-state index contributed by atoms with van der Waals surface area (Å²) in [4.78, 5) is 4.08. The third-order valence-corrected chi connectivity index (χ3v) is 3.30. The predicted octanol–water partition coefficient (Wildman–Crippen LogP) is 2.08. The summed E-state index contributed by atoms with van der Waals surface area (Å²) >= 11 is 3.20. The van der Waals surface area contributed by atoms with Gasteiger partial charge in [0.15, 0.2) is 0 Å². The molecule has 0 aliphatic rings. The van der Waals surface area contributed by atoms with Gasteiger partial charge in [-0.2, -0.15) is 0 Å². The molecule has 0 saturated carbocycles. The molecule has 0 saturated heterocycles. The second-order valence-corrected chi connectivity index (χ2v) is 5.52. The third-order valence-electron chi connectivity index (χ3n) is 1.65. The Morgan fingerprint density at radius 2 is 2.27 bits per heavy atom. The Kier molecular flexibility index (Phi) is 3.87. The van der Waals surface area contributed by atoms with Crippen molar-refractivity contribution in [1.82, 2.24) is 4.98 Å². The van der Waals surface area contributed by atoms with Crippen LogP contribution in [0.1, 0.15) is 5.69 Å². The molecule has 1 heterocycles. The van der Waals surface area contributed by atoms with Gasteiger partial charge in [-0.15, -0.1) is 6.58 Å². The highest BCUT2D eigenvalue weighted by molar-refractivity contribution is 9.10. The zero-order valence-corrected chi connectivity index (χ0v) is 10.6. The number of rotatable bonds is 4. The van der Waals surface area contributed by atoms with Crippen LogP contribution in [0.5, 0.6) is 0 Å². The van der Waals surface area contributed by atoms with Gasteiger partial charge in [-0.05, 0) is 35.0 Å². The summed E-state index contributed by atoms with van der Waals surface area (Å²) in [6.07, 6.45) is 1.34. The summed E-state index contributed by atoms with van der Waals surface area (Å²) < 4.78 is 25.9. The molecule has 82 valence electrons. The summed E-state index contributed by atoms with van der Waals surface area (Å²) in [7, 11) is -3.34. The van der Waals surface area contributed by atoms with E-state index in [0.29, 0.717) is 16.0 Å². The van der Waals surface area contributed by atoms with Crippen molar-refractivity contribution in [3.05, 3.63) is 35.1 Å². The number of anilines is 1. The van der Waals surface area contributed by atoms with Gasteiger partial charge in [0.05, 0.1) is 17.1 Å². The molecule has 6 heteroatoms. The molecular formula is C9H11BrN2O2S. The van der Waals surface area contributed by atoms with E-state index in [1.165, 1.54) is 6.08 Å². The molecule has 1 aromatic heterocycles. The minimum Gasteiger partial charge on any atom is -0.281 e. The van der Waals surface area contributed by atoms with Gasteiger partial charge in [0.25, 0.3) is 0 Å². The molecule has 0 aromatic carbocycles. The van der Waals surface area contributed by atoms with Crippen LogP contribution in [-0.2, 0) is 10.0 Å².